The normalized spacial score (nSPS) is 15.4. The van der Waals surface area contributed by atoms with Crippen LogP contribution in [0.1, 0.15) is 29.9 Å². The molecule has 1 saturated heterocycles. The van der Waals surface area contributed by atoms with Gasteiger partial charge in [0.15, 0.2) is 11.7 Å². The average molecular weight is 535 g/mol. The van der Waals surface area contributed by atoms with E-state index in [0.29, 0.717) is 68.6 Å². The second-order valence-corrected chi connectivity index (χ2v) is 10.9. The van der Waals surface area contributed by atoms with Gasteiger partial charge in [-0.3, -0.25) is 0 Å². The molecule has 8 nitrogen and oxygen atoms in total. The van der Waals surface area contributed by atoms with E-state index >= 15 is 0 Å². The third-order valence-corrected chi connectivity index (χ3v) is 7.61. The van der Waals surface area contributed by atoms with E-state index in [1.807, 2.05) is 54.6 Å². The molecule has 3 aromatic carbocycles. The van der Waals surface area contributed by atoms with Gasteiger partial charge < -0.3 is 19.0 Å². The van der Waals surface area contributed by atoms with E-state index in [1.165, 1.54) is 12.1 Å². The Kier molecular flexibility index (Phi) is 7.73. The summed E-state index contributed by atoms with van der Waals surface area (Å²) in [6.45, 7) is 1.89. The summed E-state index contributed by atoms with van der Waals surface area (Å²) in [4.78, 5) is 4.75. The molecule has 5 rings (SSSR count). The maximum Gasteiger partial charge on any atom is 0.238 e. The van der Waals surface area contributed by atoms with Gasteiger partial charge in [-0.2, -0.15) is 0 Å². The summed E-state index contributed by atoms with van der Waals surface area (Å²) >= 11 is 0. The molecule has 9 heteroatoms. The highest BCUT2D eigenvalue weighted by Crippen LogP contribution is 2.34. The quantitative estimate of drug-likeness (QED) is 0.305. The lowest BCUT2D eigenvalue weighted by Gasteiger charge is -2.32. The number of aliphatic hydroxyl groups is 1. The van der Waals surface area contributed by atoms with Gasteiger partial charge in [0.05, 0.1) is 23.7 Å². The topological polar surface area (TPSA) is 125 Å². The molecule has 2 heterocycles. The zero-order valence-electron chi connectivity index (χ0n) is 20.9. The molecular formula is C29H30N2O6S. The number of primary sulfonamides is 1. The van der Waals surface area contributed by atoms with Crippen molar-refractivity contribution in [2.75, 3.05) is 19.8 Å². The standard InChI is InChI=1S/C29H30N2O6S/c30-38(33,34)25-11-9-23(10-12-25)28-27(22-6-2-1-3-7-22)31-26(37-28)13-16-36-20-21-5-4-8-24(19-21)29(32)14-17-35-18-15-29/h1-12,19,32H,13-18,20H2,(H2,30,33,34). The Morgan fingerprint density at radius 1 is 0.947 bits per heavy atom. The Labute approximate surface area is 222 Å². The van der Waals surface area contributed by atoms with Crippen molar-refractivity contribution in [2.45, 2.75) is 36.4 Å². The van der Waals surface area contributed by atoms with Crippen LogP contribution >= 0.6 is 0 Å². The van der Waals surface area contributed by atoms with E-state index < -0.39 is 15.6 Å². The highest BCUT2D eigenvalue weighted by Gasteiger charge is 2.31. The Bertz CT molecular complexity index is 1480. The molecule has 0 atom stereocenters. The van der Waals surface area contributed by atoms with Crippen molar-refractivity contribution in [2.24, 2.45) is 5.14 Å². The number of hydrogen-bond acceptors (Lipinski definition) is 7. The van der Waals surface area contributed by atoms with E-state index in [0.717, 1.165) is 16.7 Å². The van der Waals surface area contributed by atoms with Crippen molar-refractivity contribution in [3.63, 3.8) is 0 Å². The zero-order chi connectivity index (χ0) is 26.6. The van der Waals surface area contributed by atoms with Crippen molar-refractivity contribution in [3.05, 3.63) is 95.9 Å². The number of ether oxygens (including phenoxy) is 2. The van der Waals surface area contributed by atoms with Crippen LogP contribution in [-0.4, -0.2) is 38.3 Å². The SMILES string of the molecule is NS(=O)(=O)c1ccc(-c2oc(CCOCc3cccc(C4(O)CCOCC4)c3)nc2-c2ccccc2)cc1. The molecule has 0 unspecified atom stereocenters. The summed E-state index contributed by atoms with van der Waals surface area (Å²) < 4.78 is 40.7. The van der Waals surface area contributed by atoms with Crippen molar-refractivity contribution in [1.82, 2.24) is 4.98 Å². The molecule has 198 valence electrons. The van der Waals surface area contributed by atoms with Gasteiger partial charge in [-0.05, 0) is 35.4 Å². The van der Waals surface area contributed by atoms with Gasteiger partial charge in [0.1, 0.15) is 5.69 Å². The lowest BCUT2D eigenvalue weighted by atomic mass is 9.86. The van der Waals surface area contributed by atoms with Crippen LogP contribution in [0.3, 0.4) is 0 Å². The number of benzene rings is 3. The van der Waals surface area contributed by atoms with Crippen LogP contribution in [0.4, 0.5) is 0 Å². The fraction of sp³-hybridized carbons (Fsp3) is 0.276. The van der Waals surface area contributed by atoms with Gasteiger partial charge in [-0.25, -0.2) is 18.5 Å². The Balaban J connectivity index is 1.28. The molecule has 0 radical (unpaired) electrons. The average Bonchev–Trinajstić information content (AvgIpc) is 3.36. The number of rotatable bonds is 9. The van der Waals surface area contributed by atoms with E-state index in [-0.39, 0.29) is 4.90 Å². The number of sulfonamides is 1. The third-order valence-electron chi connectivity index (χ3n) is 6.68. The van der Waals surface area contributed by atoms with Crippen LogP contribution < -0.4 is 5.14 Å². The van der Waals surface area contributed by atoms with Crippen LogP contribution in [0.15, 0.2) is 88.2 Å². The number of nitrogens with two attached hydrogens (primary N) is 1. The summed E-state index contributed by atoms with van der Waals surface area (Å²) in [5.74, 6) is 1.06. The second-order valence-electron chi connectivity index (χ2n) is 9.37. The highest BCUT2D eigenvalue weighted by atomic mass is 32.2. The summed E-state index contributed by atoms with van der Waals surface area (Å²) in [7, 11) is -3.79. The molecule has 0 saturated carbocycles. The number of hydrogen-bond donors (Lipinski definition) is 2. The third kappa shape index (κ3) is 6.03. The first kappa shape index (κ1) is 26.3. The molecule has 0 amide bonds. The fourth-order valence-corrected chi connectivity index (χ4v) is 5.07. The summed E-state index contributed by atoms with van der Waals surface area (Å²) in [5.41, 5.74) is 3.26. The lowest BCUT2D eigenvalue weighted by molar-refractivity contribution is -0.0680. The summed E-state index contributed by atoms with van der Waals surface area (Å²) in [6, 6.07) is 23.7. The van der Waals surface area contributed by atoms with E-state index in [2.05, 4.69) is 0 Å². The van der Waals surface area contributed by atoms with Gasteiger partial charge in [0.2, 0.25) is 10.0 Å². The van der Waals surface area contributed by atoms with Gasteiger partial charge in [-0.1, -0.05) is 54.6 Å². The molecule has 0 aliphatic carbocycles. The van der Waals surface area contributed by atoms with Crippen molar-refractivity contribution in [1.29, 1.82) is 0 Å². The van der Waals surface area contributed by atoms with Crippen molar-refractivity contribution in [3.8, 4) is 22.6 Å². The second kappa shape index (κ2) is 11.2. The molecule has 1 fully saturated rings. The first-order valence-corrected chi connectivity index (χ1v) is 14.0. The van der Waals surface area contributed by atoms with Crippen LogP contribution in [0.2, 0.25) is 0 Å². The van der Waals surface area contributed by atoms with E-state index in [1.54, 1.807) is 12.1 Å². The van der Waals surface area contributed by atoms with E-state index in [4.69, 9.17) is 24.0 Å². The molecule has 1 aliphatic rings. The largest absolute Gasteiger partial charge is 0.440 e. The van der Waals surface area contributed by atoms with Crippen molar-refractivity contribution < 1.29 is 27.4 Å². The van der Waals surface area contributed by atoms with Gasteiger partial charge in [0, 0.05) is 43.6 Å². The van der Waals surface area contributed by atoms with Crippen LogP contribution in [0.25, 0.3) is 22.6 Å². The minimum absolute atomic E-state index is 0.0312. The number of oxazole rings is 1. The number of aromatic nitrogens is 1. The molecule has 38 heavy (non-hydrogen) atoms. The monoisotopic (exact) mass is 534 g/mol. The molecule has 1 aliphatic heterocycles. The van der Waals surface area contributed by atoms with Crippen LogP contribution in [-0.2, 0) is 38.1 Å². The summed E-state index contributed by atoms with van der Waals surface area (Å²) in [5, 5.41) is 16.2. The molecule has 0 bridgehead atoms. The highest BCUT2D eigenvalue weighted by molar-refractivity contribution is 7.89. The van der Waals surface area contributed by atoms with E-state index in [9.17, 15) is 13.5 Å². The Morgan fingerprint density at radius 3 is 2.39 bits per heavy atom. The van der Waals surface area contributed by atoms with Gasteiger partial charge in [0.25, 0.3) is 0 Å². The first-order chi connectivity index (χ1) is 18.3. The summed E-state index contributed by atoms with van der Waals surface area (Å²) in [6.07, 6.45) is 1.62. The predicted molar refractivity (Wildman–Crippen MR) is 142 cm³/mol. The van der Waals surface area contributed by atoms with Crippen LogP contribution in [0, 0.1) is 0 Å². The zero-order valence-corrected chi connectivity index (χ0v) is 21.7. The predicted octanol–water partition coefficient (Wildman–Crippen LogP) is 4.41. The molecule has 3 N–H and O–H groups in total. The fourth-order valence-electron chi connectivity index (χ4n) is 4.55. The van der Waals surface area contributed by atoms with Crippen molar-refractivity contribution >= 4 is 10.0 Å². The maximum atomic E-state index is 11.6. The molecule has 1 aromatic heterocycles. The minimum Gasteiger partial charge on any atom is -0.440 e. The first-order valence-electron chi connectivity index (χ1n) is 12.5. The minimum atomic E-state index is -3.79. The maximum absolute atomic E-state index is 11.6. The number of nitrogens with zero attached hydrogens (tertiary/aromatic N) is 1. The van der Waals surface area contributed by atoms with Crippen LogP contribution in [0.5, 0.6) is 0 Å². The lowest BCUT2D eigenvalue weighted by Crippen LogP contribution is -2.33. The van der Waals surface area contributed by atoms with Gasteiger partial charge in [-0.15, -0.1) is 0 Å². The Morgan fingerprint density at radius 2 is 1.68 bits per heavy atom. The molecular weight excluding hydrogens is 504 g/mol. The smallest absolute Gasteiger partial charge is 0.238 e. The Hall–Kier alpha value is -3.34. The molecule has 0 spiro atoms. The van der Waals surface area contributed by atoms with Gasteiger partial charge >= 0.3 is 0 Å². The molecule has 4 aromatic rings.